The van der Waals surface area contributed by atoms with E-state index in [-0.39, 0.29) is 30.9 Å². The third kappa shape index (κ3) is 3.91. The molecule has 0 spiro atoms. The number of amides is 4. The Kier molecular flexibility index (Phi) is 5.31. The monoisotopic (exact) mass is 351 g/mol. The zero-order chi connectivity index (χ0) is 18.5. The van der Waals surface area contributed by atoms with Gasteiger partial charge >= 0.3 is 6.03 Å². The van der Waals surface area contributed by atoms with Crippen LogP contribution in [0.3, 0.4) is 0 Å². The number of benzene rings is 2. The number of fused-ring (bicyclic) bond motifs is 1. The Morgan fingerprint density at radius 3 is 2.23 bits per heavy atom. The van der Waals surface area contributed by atoms with E-state index in [0.29, 0.717) is 17.7 Å². The first-order chi connectivity index (χ1) is 12.6. The quantitative estimate of drug-likeness (QED) is 0.783. The minimum absolute atomic E-state index is 0.150. The van der Waals surface area contributed by atoms with E-state index in [2.05, 4.69) is 16.7 Å². The molecule has 4 amide bonds. The van der Waals surface area contributed by atoms with Gasteiger partial charge in [0.05, 0.1) is 11.1 Å². The summed E-state index contributed by atoms with van der Waals surface area (Å²) < 4.78 is 0. The average molecular weight is 351 g/mol. The summed E-state index contributed by atoms with van der Waals surface area (Å²) in [4.78, 5) is 37.4. The molecule has 0 radical (unpaired) electrons. The van der Waals surface area contributed by atoms with Gasteiger partial charge in [-0.1, -0.05) is 42.0 Å². The van der Waals surface area contributed by atoms with E-state index in [1.54, 1.807) is 24.3 Å². The summed E-state index contributed by atoms with van der Waals surface area (Å²) in [7, 11) is 0. The first kappa shape index (κ1) is 17.7. The van der Waals surface area contributed by atoms with Crippen molar-refractivity contribution in [1.29, 1.82) is 0 Å². The van der Waals surface area contributed by atoms with Crippen LogP contribution in [0.25, 0.3) is 0 Å². The van der Waals surface area contributed by atoms with E-state index in [1.807, 2.05) is 25.1 Å². The second-order valence-electron chi connectivity index (χ2n) is 6.23. The maximum absolute atomic E-state index is 12.2. The molecule has 0 aromatic heterocycles. The predicted octanol–water partition coefficient (Wildman–Crippen LogP) is 2.13. The van der Waals surface area contributed by atoms with E-state index < -0.39 is 0 Å². The molecular formula is C20H21N3O3. The maximum Gasteiger partial charge on any atom is 0.314 e. The van der Waals surface area contributed by atoms with Crippen LogP contribution >= 0.6 is 0 Å². The van der Waals surface area contributed by atoms with Gasteiger partial charge in [0.25, 0.3) is 11.8 Å². The topological polar surface area (TPSA) is 78.5 Å². The molecule has 0 saturated carbocycles. The van der Waals surface area contributed by atoms with Crippen LogP contribution in [0.1, 0.15) is 31.8 Å². The standard InChI is InChI=1S/C20H21N3O3/c1-14-5-4-6-15(13-14)9-10-21-20(26)22-11-12-23-18(24)16-7-2-3-8-17(16)19(23)25/h2-8,13H,9-12H2,1H3,(H2,21,22,26). The molecule has 6 nitrogen and oxygen atoms in total. The molecule has 0 fully saturated rings. The molecule has 0 saturated heterocycles. The molecule has 26 heavy (non-hydrogen) atoms. The molecule has 6 heteroatoms. The SMILES string of the molecule is Cc1cccc(CCNC(=O)NCCN2C(=O)c3ccccc3C2=O)c1. The number of carbonyl (C=O) groups is 3. The second kappa shape index (κ2) is 7.82. The molecule has 1 aliphatic heterocycles. The number of hydrogen-bond donors (Lipinski definition) is 2. The van der Waals surface area contributed by atoms with Gasteiger partial charge in [0.15, 0.2) is 0 Å². The number of aryl methyl sites for hydroxylation is 1. The zero-order valence-electron chi connectivity index (χ0n) is 14.6. The van der Waals surface area contributed by atoms with E-state index in [9.17, 15) is 14.4 Å². The molecule has 134 valence electrons. The van der Waals surface area contributed by atoms with Gasteiger partial charge in [0.1, 0.15) is 0 Å². The number of carbonyl (C=O) groups excluding carboxylic acids is 3. The summed E-state index contributed by atoms with van der Waals surface area (Å²) in [6.07, 6.45) is 0.744. The molecular weight excluding hydrogens is 330 g/mol. The van der Waals surface area contributed by atoms with E-state index >= 15 is 0 Å². The Bertz CT molecular complexity index is 813. The van der Waals surface area contributed by atoms with Gasteiger partial charge < -0.3 is 10.6 Å². The van der Waals surface area contributed by atoms with Crippen molar-refractivity contribution in [2.45, 2.75) is 13.3 Å². The van der Waals surface area contributed by atoms with Crippen LogP contribution in [0, 0.1) is 6.92 Å². The Balaban J connectivity index is 1.40. The van der Waals surface area contributed by atoms with Crippen LogP contribution in [-0.4, -0.2) is 42.4 Å². The Morgan fingerprint density at radius 2 is 1.58 bits per heavy atom. The number of hydrogen-bond acceptors (Lipinski definition) is 3. The van der Waals surface area contributed by atoms with E-state index in [1.165, 1.54) is 5.56 Å². The number of nitrogens with zero attached hydrogens (tertiary/aromatic N) is 1. The van der Waals surface area contributed by atoms with Crippen molar-refractivity contribution in [3.8, 4) is 0 Å². The molecule has 1 heterocycles. The van der Waals surface area contributed by atoms with Crippen LogP contribution in [-0.2, 0) is 6.42 Å². The predicted molar refractivity (Wildman–Crippen MR) is 98.1 cm³/mol. The number of imide groups is 1. The molecule has 2 aromatic carbocycles. The highest BCUT2D eigenvalue weighted by atomic mass is 16.2. The van der Waals surface area contributed by atoms with Crippen molar-refractivity contribution in [3.05, 3.63) is 70.8 Å². The van der Waals surface area contributed by atoms with Crippen molar-refractivity contribution in [3.63, 3.8) is 0 Å². The van der Waals surface area contributed by atoms with Crippen molar-refractivity contribution in [1.82, 2.24) is 15.5 Å². The average Bonchev–Trinajstić information content (AvgIpc) is 2.87. The number of urea groups is 1. The molecule has 1 aliphatic rings. The summed E-state index contributed by atoms with van der Waals surface area (Å²) in [6, 6.07) is 14.6. The van der Waals surface area contributed by atoms with Crippen molar-refractivity contribution in [2.75, 3.05) is 19.6 Å². The van der Waals surface area contributed by atoms with Crippen molar-refractivity contribution in [2.24, 2.45) is 0 Å². The second-order valence-corrected chi connectivity index (χ2v) is 6.23. The fourth-order valence-corrected chi connectivity index (χ4v) is 2.97. The molecule has 3 rings (SSSR count). The highest BCUT2D eigenvalue weighted by Crippen LogP contribution is 2.21. The van der Waals surface area contributed by atoms with Crippen LogP contribution in [0.4, 0.5) is 4.79 Å². The third-order valence-corrected chi connectivity index (χ3v) is 4.28. The molecule has 0 unspecified atom stereocenters. The number of nitrogens with one attached hydrogen (secondary N) is 2. The molecule has 0 bridgehead atoms. The van der Waals surface area contributed by atoms with Gasteiger partial charge in [-0.15, -0.1) is 0 Å². The lowest BCUT2D eigenvalue weighted by molar-refractivity contribution is 0.0656. The highest BCUT2D eigenvalue weighted by molar-refractivity contribution is 6.21. The van der Waals surface area contributed by atoms with Gasteiger partial charge in [-0.3, -0.25) is 14.5 Å². The maximum atomic E-state index is 12.2. The van der Waals surface area contributed by atoms with Crippen LogP contribution < -0.4 is 10.6 Å². The van der Waals surface area contributed by atoms with E-state index in [4.69, 9.17) is 0 Å². The molecule has 2 aromatic rings. The molecule has 2 N–H and O–H groups in total. The van der Waals surface area contributed by atoms with Crippen LogP contribution in [0.15, 0.2) is 48.5 Å². The van der Waals surface area contributed by atoms with Gasteiger partial charge in [0.2, 0.25) is 0 Å². The summed E-state index contributed by atoms with van der Waals surface area (Å²) in [5, 5.41) is 5.46. The number of rotatable bonds is 6. The highest BCUT2D eigenvalue weighted by Gasteiger charge is 2.34. The Labute approximate surface area is 152 Å². The smallest absolute Gasteiger partial charge is 0.314 e. The Hall–Kier alpha value is -3.15. The fraction of sp³-hybridized carbons (Fsp3) is 0.250. The molecule has 0 atom stereocenters. The lowest BCUT2D eigenvalue weighted by atomic mass is 10.1. The lowest BCUT2D eigenvalue weighted by Gasteiger charge is -2.14. The van der Waals surface area contributed by atoms with Gasteiger partial charge in [-0.05, 0) is 31.0 Å². The third-order valence-electron chi connectivity index (χ3n) is 4.28. The summed E-state index contributed by atoms with van der Waals surface area (Å²) >= 11 is 0. The normalized spacial score (nSPS) is 12.9. The summed E-state index contributed by atoms with van der Waals surface area (Å²) in [5.74, 6) is -0.625. The largest absolute Gasteiger partial charge is 0.338 e. The van der Waals surface area contributed by atoms with Crippen LogP contribution in [0.5, 0.6) is 0 Å². The van der Waals surface area contributed by atoms with Crippen molar-refractivity contribution >= 4 is 17.8 Å². The first-order valence-electron chi connectivity index (χ1n) is 8.59. The summed E-state index contributed by atoms with van der Waals surface area (Å²) in [5.41, 5.74) is 3.18. The van der Waals surface area contributed by atoms with Gasteiger partial charge in [-0.2, -0.15) is 0 Å². The molecule has 0 aliphatic carbocycles. The first-order valence-corrected chi connectivity index (χ1v) is 8.59. The summed E-state index contributed by atoms with van der Waals surface area (Å²) in [6.45, 7) is 2.91. The fourth-order valence-electron chi connectivity index (χ4n) is 2.97. The van der Waals surface area contributed by atoms with E-state index in [0.717, 1.165) is 16.9 Å². The van der Waals surface area contributed by atoms with Crippen molar-refractivity contribution < 1.29 is 14.4 Å². The van der Waals surface area contributed by atoms with Crippen LogP contribution in [0.2, 0.25) is 0 Å². The van der Waals surface area contributed by atoms with Gasteiger partial charge in [-0.25, -0.2) is 4.79 Å². The Morgan fingerprint density at radius 1 is 0.923 bits per heavy atom. The zero-order valence-corrected chi connectivity index (χ0v) is 14.6. The van der Waals surface area contributed by atoms with Gasteiger partial charge in [0, 0.05) is 19.6 Å². The minimum atomic E-state index is -0.313. The lowest BCUT2D eigenvalue weighted by Crippen LogP contribution is -2.42. The minimum Gasteiger partial charge on any atom is -0.338 e.